The topological polar surface area (TPSA) is 104 Å². The van der Waals surface area contributed by atoms with E-state index in [1.165, 1.54) is 25.1 Å². The molecule has 0 unspecified atom stereocenters. The quantitative estimate of drug-likeness (QED) is 0.131. The molecule has 41 heavy (non-hydrogen) atoms. The van der Waals surface area contributed by atoms with Gasteiger partial charge in [0.15, 0.2) is 33.0 Å². The van der Waals surface area contributed by atoms with Gasteiger partial charge in [-0.15, -0.1) is 23.2 Å². The molecule has 4 aliphatic rings. The van der Waals surface area contributed by atoms with Crippen molar-refractivity contribution in [2.24, 2.45) is 17.8 Å². The number of aromatic hydroxyl groups is 1. The Labute approximate surface area is 237 Å². The smallest absolute Gasteiger partial charge is 0.258 e. The summed E-state index contributed by atoms with van der Waals surface area (Å²) in [6.45, 7) is 1.52. The van der Waals surface area contributed by atoms with Gasteiger partial charge in [-0.2, -0.15) is 0 Å². The minimum atomic E-state index is -2.59. The summed E-state index contributed by atoms with van der Waals surface area (Å²) >= 11 is 13.9. The lowest BCUT2D eigenvalue weighted by atomic mass is 9.56. The van der Waals surface area contributed by atoms with Gasteiger partial charge in [0.05, 0.1) is 11.8 Å². The van der Waals surface area contributed by atoms with E-state index >= 15 is 0 Å². The lowest BCUT2D eigenvalue weighted by Gasteiger charge is -2.50. The average molecular weight is 615 g/mol. The molecular weight excluding hydrogens is 598 g/mol. The maximum atomic E-state index is 14.9. The van der Waals surface area contributed by atoms with E-state index in [9.17, 15) is 46.2 Å². The Balaban J connectivity index is 1.62. The van der Waals surface area contributed by atoms with Crippen molar-refractivity contribution in [3.63, 3.8) is 0 Å². The van der Waals surface area contributed by atoms with Gasteiger partial charge in [0.25, 0.3) is 11.8 Å². The van der Waals surface area contributed by atoms with Gasteiger partial charge in [-0.05, 0) is 42.9 Å². The summed E-state index contributed by atoms with van der Waals surface area (Å²) in [6.07, 6.45) is 1.06. The largest absolute Gasteiger partial charge is 0.508 e. The highest BCUT2D eigenvalue weighted by Crippen LogP contribution is 2.65. The van der Waals surface area contributed by atoms with E-state index in [2.05, 4.69) is 5.32 Å². The zero-order valence-corrected chi connectivity index (χ0v) is 22.2. The van der Waals surface area contributed by atoms with Crippen molar-refractivity contribution in [3.05, 3.63) is 70.1 Å². The number of nitrogens with one attached hydrogen (secondary N) is 1. The number of aryl methyl sites for hydroxylation is 1. The van der Waals surface area contributed by atoms with E-state index in [1.54, 1.807) is 6.08 Å². The van der Waals surface area contributed by atoms with Crippen molar-refractivity contribution >= 4 is 52.5 Å². The van der Waals surface area contributed by atoms with Crippen LogP contribution in [0.2, 0.25) is 0 Å². The number of halogens is 7. The number of alkyl halides is 2. The van der Waals surface area contributed by atoms with E-state index < -0.39 is 98.2 Å². The second kappa shape index (κ2) is 8.75. The fourth-order valence-electron chi connectivity index (χ4n) is 6.71. The zero-order valence-electron chi connectivity index (χ0n) is 20.7. The first-order chi connectivity index (χ1) is 19.2. The number of fused-ring (bicyclic) bond motifs is 4. The molecule has 0 radical (unpaired) electrons. The van der Waals surface area contributed by atoms with Crippen molar-refractivity contribution < 1.29 is 46.2 Å². The zero-order chi connectivity index (χ0) is 29.9. The maximum absolute atomic E-state index is 14.9. The molecule has 0 aromatic heterocycles. The minimum Gasteiger partial charge on any atom is -0.508 e. The molecular formula is C27H17Cl2F5N2O5. The molecule has 6 atom stereocenters. The maximum Gasteiger partial charge on any atom is 0.258 e. The molecule has 2 heterocycles. The monoisotopic (exact) mass is 614 g/mol. The molecule has 0 spiro atoms. The molecule has 214 valence electrons. The molecule has 2 aromatic rings. The van der Waals surface area contributed by atoms with E-state index in [1.807, 2.05) is 0 Å². The van der Waals surface area contributed by atoms with Crippen molar-refractivity contribution in [3.8, 4) is 5.75 Å². The summed E-state index contributed by atoms with van der Waals surface area (Å²) in [5, 5.41) is 12.3. The second-order valence-corrected chi connectivity index (χ2v) is 11.8. The number of carbonyl (C=O) groups is 4. The van der Waals surface area contributed by atoms with Gasteiger partial charge in [0.1, 0.15) is 11.4 Å². The van der Waals surface area contributed by atoms with Crippen LogP contribution >= 0.6 is 23.2 Å². The highest BCUT2D eigenvalue weighted by Gasteiger charge is 2.77. The number of nitrogens with zero attached hydrogens (tertiary/aromatic N) is 1. The van der Waals surface area contributed by atoms with Gasteiger partial charge < -0.3 is 5.11 Å². The molecule has 7 nitrogen and oxygen atoms in total. The van der Waals surface area contributed by atoms with Crippen LogP contribution in [0.3, 0.4) is 0 Å². The summed E-state index contributed by atoms with van der Waals surface area (Å²) in [5.41, 5.74) is -0.996. The number of hydrogen-bond donors (Lipinski definition) is 2. The summed E-state index contributed by atoms with van der Waals surface area (Å²) in [4.78, 5) is 47.9. The number of carbonyl (C=O) groups excluding carboxylic acids is 4. The minimum absolute atomic E-state index is 0.0490. The van der Waals surface area contributed by atoms with Crippen LogP contribution in [0.25, 0.3) is 0 Å². The van der Waals surface area contributed by atoms with Crippen molar-refractivity contribution in [2.45, 2.75) is 35.4 Å². The number of allylic oxidation sites excluding steroid dienone is 2. The van der Waals surface area contributed by atoms with Crippen LogP contribution in [-0.2, 0) is 19.2 Å². The number of rotatable bonds is 2. The third kappa shape index (κ3) is 3.31. The first-order valence-corrected chi connectivity index (χ1v) is 13.0. The third-order valence-electron chi connectivity index (χ3n) is 8.62. The Morgan fingerprint density at radius 2 is 1.51 bits per heavy atom. The van der Waals surface area contributed by atoms with Gasteiger partial charge >= 0.3 is 0 Å². The molecule has 2 N–H and O–H groups in total. The predicted molar refractivity (Wildman–Crippen MR) is 132 cm³/mol. The fraction of sp³-hybridized carbons (Fsp3) is 0.333. The normalized spacial score (nSPS) is 32.5. The Bertz CT molecular complexity index is 1640. The number of phenols is 1. The Kier molecular flexibility index (Phi) is 5.90. The Morgan fingerprint density at radius 1 is 0.902 bits per heavy atom. The van der Waals surface area contributed by atoms with Gasteiger partial charge in [-0.25, -0.2) is 26.9 Å². The Morgan fingerprint density at radius 3 is 2.12 bits per heavy atom. The molecule has 2 aliphatic carbocycles. The first kappa shape index (κ1) is 27.6. The van der Waals surface area contributed by atoms with Crippen molar-refractivity contribution in [1.82, 2.24) is 5.32 Å². The molecule has 2 saturated heterocycles. The highest BCUT2D eigenvalue weighted by molar-refractivity contribution is 6.58. The number of anilines is 1. The number of hydrogen-bond acceptors (Lipinski definition) is 5. The molecule has 6 rings (SSSR count). The summed E-state index contributed by atoms with van der Waals surface area (Å²) in [7, 11) is 0. The van der Waals surface area contributed by atoms with Crippen molar-refractivity contribution in [1.29, 1.82) is 0 Å². The second-order valence-electron chi connectivity index (χ2n) is 10.6. The van der Waals surface area contributed by atoms with Crippen LogP contribution in [0.1, 0.15) is 29.9 Å². The van der Waals surface area contributed by atoms with Crippen LogP contribution < -0.4 is 10.2 Å². The summed E-state index contributed by atoms with van der Waals surface area (Å²) in [6, 6.07) is 4.06. The summed E-state index contributed by atoms with van der Waals surface area (Å²) in [5.74, 6) is -20.9. The number of amides is 4. The lowest BCUT2D eigenvalue weighted by Crippen LogP contribution is -2.60. The van der Waals surface area contributed by atoms with Crippen LogP contribution in [0.15, 0.2) is 29.8 Å². The van der Waals surface area contributed by atoms with E-state index in [-0.39, 0.29) is 22.6 Å². The van der Waals surface area contributed by atoms with Crippen LogP contribution in [-0.4, -0.2) is 38.5 Å². The van der Waals surface area contributed by atoms with Crippen LogP contribution in [0.5, 0.6) is 5.75 Å². The molecule has 2 aliphatic heterocycles. The fourth-order valence-corrected chi connectivity index (χ4v) is 7.64. The van der Waals surface area contributed by atoms with E-state index in [0.717, 1.165) is 0 Å². The van der Waals surface area contributed by atoms with Gasteiger partial charge in [-0.3, -0.25) is 24.5 Å². The number of benzene rings is 2. The third-order valence-corrected chi connectivity index (χ3v) is 10.0. The molecule has 0 bridgehead atoms. The predicted octanol–water partition coefficient (Wildman–Crippen LogP) is 4.25. The average Bonchev–Trinajstić information content (AvgIpc) is 3.30. The molecule has 4 amide bonds. The van der Waals surface area contributed by atoms with E-state index in [0.29, 0.717) is 11.1 Å². The van der Waals surface area contributed by atoms with Crippen molar-refractivity contribution in [2.75, 3.05) is 4.90 Å². The molecule has 1 saturated carbocycles. The van der Waals surface area contributed by atoms with Crippen LogP contribution in [0.4, 0.5) is 27.6 Å². The lowest BCUT2D eigenvalue weighted by molar-refractivity contribution is -0.127. The van der Waals surface area contributed by atoms with Gasteiger partial charge in [-0.1, -0.05) is 23.8 Å². The summed E-state index contributed by atoms with van der Waals surface area (Å²) < 4.78 is 72.0. The highest BCUT2D eigenvalue weighted by atomic mass is 35.5. The Hall–Kier alpha value is -3.51. The first-order valence-electron chi connectivity index (χ1n) is 12.3. The van der Waals surface area contributed by atoms with Crippen LogP contribution in [0, 0.1) is 53.8 Å². The number of phenolic OH excluding ortho intramolecular Hbond substituents is 1. The molecule has 3 fully saturated rings. The van der Waals surface area contributed by atoms with E-state index in [4.69, 9.17) is 23.2 Å². The molecule has 14 heteroatoms. The van der Waals surface area contributed by atoms with Gasteiger partial charge in [0.2, 0.25) is 17.6 Å². The standard InChI is InChI=1S/C27H17Cl2F5N2O5/c1-8-6-9(2-5-13(8)37)15-10-3-4-11-14(23(39)35-22(11)38)12(10)7-26(28)24(40)36(25(41)27(15,26)29)21-19(33)17(31)16(30)18(32)20(21)34/h2-3,5-6,11-12,14-15,37H,4,7H2,1H3,(H,35,38,39)/t11-,12+,14-,15-,26+,27-/m0/s1. The van der Waals surface area contributed by atoms with Gasteiger partial charge in [0, 0.05) is 5.92 Å². The molecule has 2 aromatic carbocycles. The SMILES string of the molecule is Cc1cc([C@H]2C3=CC[C@@H]4C(=O)NC(=O)[C@@H]4[C@@H]3C[C@@]3(Cl)C(=O)N(c4c(F)c(F)c(F)c(F)c4F)C(=O)[C@@]23Cl)ccc1O. The number of imide groups is 2.